The highest BCUT2D eigenvalue weighted by atomic mass is 19.1. The summed E-state index contributed by atoms with van der Waals surface area (Å²) in [4.78, 5) is 6.36. The zero-order chi connectivity index (χ0) is 10.8. The zero-order valence-corrected chi connectivity index (χ0v) is 8.91. The topological polar surface area (TPSA) is 42.2 Å². The molecule has 0 aromatic carbocycles. The first-order valence-corrected chi connectivity index (χ1v) is 5.22. The van der Waals surface area contributed by atoms with Gasteiger partial charge in [0.2, 0.25) is 0 Å². The van der Waals surface area contributed by atoms with Crippen molar-refractivity contribution in [1.29, 1.82) is 0 Å². The quantitative estimate of drug-likeness (QED) is 0.812. The molecule has 4 heteroatoms. The van der Waals surface area contributed by atoms with Gasteiger partial charge in [-0.3, -0.25) is 9.88 Å². The average molecular weight is 209 g/mol. The van der Waals surface area contributed by atoms with Crippen LogP contribution in [0.2, 0.25) is 0 Å². The minimum absolute atomic E-state index is 0.561. The Bertz CT molecular complexity index is 348. The van der Waals surface area contributed by atoms with Gasteiger partial charge in [0.1, 0.15) is 6.17 Å². The maximum Gasteiger partial charge on any atom is 0.125 e. The Morgan fingerprint density at radius 3 is 2.93 bits per heavy atom. The maximum atomic E-state index is 12.5. The number of rotatable bonds is 3. The number of pyridine rings is 1. The van der Waals surface area contributed by atoms with Crippen LogP contribution in [0.5, 0.6) is 0 Å². The highest BCUT2D eigenvalue weighted by molar-refractivity contribution is 5.44. The first-order valence-electron chi connectivity index (χ1n) is 5.22. The van der Waals surface area contributed by atoms with Crippen molar-refractivity contribution in [2.45, 2.75) is 19.5 Å². The predicted molar refractivity (Wildman–Crippen MR) is 58.4 cm³/mol. The highest BCUT2D eigenvalue weighted by Gasteiger charge is 2.25. The third-order valence-electron chi connectivity index (χ3n) is 2.72. The van der Waals surface area contributed by atoms with E-state index in [1.54, 1.807) is 0 Å². The monoisotopic (exact) mass is 209 g/mol. The molecule has 0 bridgehead atoms. The molecule has 15 heavy (non-hydrogen) atoms. The number of nitrogens with zero attached hydrogens (tertiary/aromatic N) is 2. The van der Waals surface area contributed by atoms with Crippen molar-refractivity contribution in [3.05, 3.63) is 23.5 Å². The van der Waals surface area contributed by atoms with Gasteiger partial charge in [0.05, 0.1) is 11.4 Å². The van der Waals surface area contributed by atoms with Crippen molar-refractivity contribution < 1.29 is 4.39 Å². The zero-order valence-electron chi connectivity index (χ0n) is 8.91. The molecule has 0 amide bonds. The summed E-state index contributed by atoms with van der Waals surface area (Å²) in [5.74, 6) is 0. The molecule has 0 radical (unpaired) electrons. The Labute approximate surface area is 89.1 Å². The number of hydrogen-bond acceptors (Lipinski definition) is 3. The molecule has 1 fully saturated rings. The normalized spacial score (nSPS) is 17.7. The molecule has 0 spiro atoms. The number of halogens is 1. The lowest BCUT2D eigenvalue weighted by atomic mass is 10.1. The molecule has 82 valence electrons. The largest absolute Gasteiger partial charge is 0.397 e. The molecule has 2 heterocycles. The number of nitrogen functional groups attached to an aromatic ring is 1. The van der Waals surface area contributed by atoms with Crippen LogP contribution >= 0.6 is 0 Å². The molecule has 0 aliphatic carbocycles. The van der Waals surface area contributed by atoms with Gasteiger partial charge < -0.3 is 5.73 Å². The minimum atomic E-state index is -0.631. The molecular formula is C11H16FN3. The smallest absolute Gasteiger partial charge is 0.125 e. The number of anilines is 1. The van der Waals surface area contributed by atoms with Gasteiger partial charge >= 0.3 is 0 Å². The number of alkyl halides is 1. The summed E-state index contributed by atoms with van der Waals surface area (Å²) in [5.41, 5.74) is 8.57. The Kier molecular flexibility index (Phi) is 2.86. The first kappa shape index (κ1) is 10.4. The van der Waals surface area contributed by atoms with Crippen LogP contribution in [0.3, 0.4) is 0 Å². The van der Waals surface area contributed by atoms with Crippen LogP contribution in [-0.2, 0) is 6.42 Å². The Morgan fingerprint density at radius 2 is 2.33 bits per heavy atom. The van der Waals surface area contributed by atoms with Crippen LogP contribution in [-0.4, -0.2) is 35.7 Å². The molecule has 0 unspecified atom stereocenters. The molecular weight excluding hydrogens is 193 g/mol. The van der Waals surface area contributed by atoms with Crippen LogP contribution in [0.4, 0.5) is 10.1 Å². The van der Waals surface area contributed by atoms with Gasteiger partial charge in [-0.2, -0.15) is 0 Å². The fourth-order valence-corrected chi connectivity index (χ4v) is 1.78. The fourth-order valence-electron chi connectivity index (χ4n) is 1.78. The minimum Gasteiger partial charge on any atom is -0.397 e. The summed E-state index contributed by atoms with van der Waals surface area (Å²) in [7, 11) is 0. The van der Waals surface area contributed by atoms with E-state index < -0.39 is 6.17 Å². The van der Waals surface area contributed by atoms with Gasteiger partial charge in [0, 0.05) is 32.3 Å². The van der Waals surface area contributed by atoms with Gasteiger partial charge in [0.15, 0.2) is 0 Å². The second-order valence-corrected chi connectivity index (χ2v) is 4.16. The number of nitrogens with two attached hydrogens (primary N) is 1. The molecule has 1 saturated heterocycles. The molecule has 2 N–H and O–H groups in total. The molecule has 0 saturated carbocycles. The summed E-state index contributed by atoms with van der Waals surface area (Å²) >= 11 is 0. The van der Waals surface area contributed by atoms with Crippen molar-refractivity contribution in [2.75, 3.05) is 25.4 Å². The molecule has 1 aromatic rings. The van der Waals surface area contributed by atoms with Crippen LogP contribution in [0.15, 0.2) is 12.3 Å². The van der Waals surface area contributed by atoms with E-state index in [4.69, 9.17) is 5.73 Å². The summed E-state index contributed by atoms with van der Waals surface area (Å²) in [6.45, 7) is 3.94. The van der Waals surface area contributed by atoms with Gasteiger partial charge in [-0.15, -0.1) is 0 Å². The van der Waals surface area contributed by atoms with Crippen LogP contribution in [0, 0.1) is 6.92 Å². The van der Waals surface area contributed by atoms with Gasteiger partial charge in [0.25, 0.3) is 0 Å². The van der Waals surface area contributed by atoms with Crippen molar-refractivity contribution in [2.24, 2.45) is 0 Å². The summed E-state index contributed by atoms with van der Waals surface area (Å²) in [5, 5.41) is 0. The highest BCUT2D eigenvalue weighted by Crippen LogP contribution is 2.15. The van der Waals surface area contributed by atoms with Crippen molar-refractivity contribution in [3.8, 4) is 0 Å². The van der Waals surface area contributed by atoms with E-state index in [1.807, 2.05) is 19.2 Å². The third-order valence-corrected chi connectivity index (χ3v) is 2.72. The number of hydrogen-bond donors (Lipinski definition) is 1. The average Bonchev–Trinajstić information content (AvgIpc) is 2.13. The third kappa shape index (κ3) is 2.45. The predicted octanol–water partition coefficient (Wildman–Crippen LogP) is 1.17. The van der Waals surface area contributed by atoms with Crippen LogP contribution in [0.25, 0.3) is 0 Å². The second kappa shape index (κ2) is 4.14. The summed E-state index contributed by atoms with van der Waals surface area (Å²) < 4.78 is 12.5. The van der Waals surface area contributed by atoms with E-state index in [0.29, 0.717) is 13.1 Å². The molecule has 0 atom stereocenters. The Morgan fingerprint density at radius 1 is 1.60 bits per heavy atom. The second-order valence-electron chi connectivity index (χ2n) is 4.16. The molecule has 1 aliphatic rings. The van der Waals surface area contributed by atoms with E-state index in [0.717, 1.165) is 29.9 Å². The lowest BCUT2D eigenvalue weighted by molar-refractivity contribution is 0.0668. The summed E-state index contributed by atoms with van der Waals surface area (Å²) in [6.07, 6.45) is 1.99. The molecule has 1 aliphatic heterocycles. The summed E-state index contributed by atoms with van der Waals surface area (Å²) in [6, 6.07) is 1.93. The molecule has 2 rings (SSSR count). The van der Waals surface area contributed by atoms with E-state index in [-0.39, 0.29) is 0 Å². The van der Waals surface area contributed by atoms with Crippen molar-refractivity contribution in [3.63, 3.8) is 0 Å². The SMILES string of the molecule is Cc1cnc(CCN2CC(F)C2)c(N)c1. The standard InChI is InChI=1S/C11H16FN3/c1-8-4-10(13)11(14-5-8)2-3-15-6-9(12)7-15/h4-5,9H,2-3,6-7,13H2,1H3. The lowest BCUT2D eigenvalue weighted by Gasteiger charge is -2.34. The number of aryl methyl sites for hydroxylation is 1. The fraction of sp³-hybridized carbons (Fsp3) is 0.545. The Balaban J connectivity index is 1.88. The first-order chi connectivity index (χ1) is 7.15. The van der Waals surface area contributed by atoms with E-state index >= 15 is 0 Å². The maximum absolute atomic E-state index is 12.5. The molecule has 1 aromatic heterocycles. The van der Waals surface area contributed by atoms with E-state index in [1.165, 1.54) is 0 Å². The van der Waals surface area contributed by atoms with Gasteiger partial charge in [-0.05, 0) is 18.6 Å². The van der Waals surface area contributed by atoms with Gasteiger partial charge in [-0.25, -0.2) is 4.39 Å². The van der Waals surface area contributed by atoms with Crippen molar-refractivity contribution >= 4 is 5.69 Å². The van der Waals surface area contributed by atoms with Crippen molar-refractivity contribution in [1.82, 2.24) is 9.88 Å². The van der Waals surface area contributed by atoms with Crippen LogP contribution in [0.1, 0.15) is 11.3 Å². The van der Waals surface area contributed by atoms with Crippen LogP contribution < -0.4 is 5.73 Å². The lowest BCUT2D eigenvalue weighted by Crippen LogP contribution is -2.49. The Hall–Kier alpha value is -1.16. The van der Waals surface area contributed by atoms with E-state index in [2.05, 4.69) is 9.88 Å². The molecule has 3 nitrogen and oxygen atoms in total. The number of aromatic nitrogens is 1. The van der Waals surface area contributed by atoms with E-state index in [9.17, 15) is 4.39 Å². The van der Waals surface area contributed by atoms with Gasteiger partial charge in [-0.1, -0.05) is 0 Å². The number of likely N-dealkylation sites (tertiary alicyclic amines) is 1.